The Kier molecular flexibility index (Phi) is 4.84. The Bertz CT molecular complexity index is 501. The largest absolute Gasteiger partial charge is 0.466 e. The molecule has 1 saturated carbocycles. The Labute approximate surface area is 120 Å². The van der Waals surface area contributed by atoms with Gasteiger partial charge in [0, 0.05) is 18.8 Å². The van der Waals surface area contributed by atoms with Crippen molar-refractivity contribution in [2.24, 2.45) is 5.92 Å². The van der Waals surface area contributed by atoms with Crippen molar-refractivity contribution < 1.29 is 9.21 Å². The maximum atomic E-state index is 11.8. The van der Waals surface area contributed by atoms with Crippen LogP contribution in [0.5, 0.6) is 0 Å². The normalized spacial score (nSPS) is 22.1. The predicted molar refractivity (Wildman–Crippen MR) is 76.0 cm³/mol. The lowest BCUT2D eigenvalue weighted by Gasteiger charge is -2.09. The standard InChI is InChI=1S/C16H22N2O2/c1-3-4-12(10-17)18-16(19)8-6-13-5-7-15(20-13)14-9-11(14)2/h5,7,11-12,14H,3-4,6,8-9H2,1-2H3,(H,18,19). The van der Waals surface area contributed by atoms with E-state index >= 15 is 0 Å². The van der Waals surface area contributed by atoms with E-state index in [9.17, 15) is 4.79 Å². The SMILES string of the molecule is CCCC(C#N)NC(=O)CCc1ccc(C2CC2C)o1. The van der Waals surface area contributed by atoms with Crippen LogP contribution in [0.2, 0.25) is 0 Å². The molecule has 1 aromatic rings. The molecule has 1 N–H and O–H groups in total. The number of aryl methyl sites for hydroxylation is 1. The minimum atomic E-state index is -0.369. The van der Waals surface area contributed by atoms with E-state index in [1.54, 1.807) is 0 Å². The van der Waals surface area contributed by atoms with Crippen LogP contribution in [0, 0.1) is 17.2 Å². The van der Waals surface area contributed by atoms with Gasteiger partial charge in [-0.2, -0.15) is 5.26 Å². The lowest BCUT2D eigenvalue weighted by molar-refractivity contribution is -0.121. The Morgan fingerprint density at radius 2 is 2.35 bits per heavy atom. The molecule has 20 heavy (non-hydrogen) atoms. The van der Waals surface area contributed by atoms with Gasteiger partial charge in [-0.3, -0.25) is 4.79 Å². The second-order valence-electron chi connectivity index (χ2n) is 5.66. The van der Waals surface area contributed by atoms with E-state index in [0.29, 0.717) is 25.2 Å². The minimum Gasteiger partial charge on any atom is -0.466 e. The lowest BCUT2D eigenvalue weighted by Crippen LogP contribution is -2.33. The highest BCUT2D eigenvalue weighted by atomic mass is 16.3. The summed E-state index contributed by atoms with van der Waals surface area (Å²) >= 11 is 0. The molecule has 1 fully saturated rings. The van der Waals surface area contributed by atoms with Crippen LogP contribution < -0.4 is 5.32 Å². The summed E-state index contributed by atoms with van der Waals surface area (Å²) in [5, 5.41) is 11.6. The van der Waals surface area contributed by atoms with Crippen LogP contribution in [0.3, 0.4) is 0 Å². The van der Waals surface area contributed by atoms with E-state index < -0.39 is 0 Å². The molecule has 0 radical (unpaired) electrons. The number of nitriles is 1. The maximum Gasteiger partial charge on any atom is 0.221 e. The molecule has 3 unspecified atom stereocenters. The highest BCUT2D eigenvalue weighted by Crippen LogP contribution is 2.47. The van der Waals surface area contributed by atoms with E-state index in [-0.39, 0.29) is 11.9 Å². The third-order valence-electron chi connectivity index (χ3n) is 3.82. The van der Waals surface area contributed by atoms with Crippen LogP contribution in [-0.2, 0) is 11.2 Å². The molecule has 0 bridgehead atoms. The van der Waals surface area contributed by atoms with E-state index in [2.05, 4.69) is 18.3 Å². The van der Waals surface area contributed by atoms with Crippen LogP contribution in [0.25, 0.3) is 0 Å². The molecule has 3 atom stereocenters. The van der Waals surface area contributed by atoms with E-state index in [0.717, 1.165) is 23.9 Å². The summed E-state index contributed by atoms with van der Waals surface area (Å²) in [6.07, 6.45) is 3.76. The monoisotopic (exact) mass is 274 g/mol. The van der Waals surface area contributed by atoms with Crippen molar-refractivity contribution in [1.82, 2.24) is 5.32 Å². The first-order valence-corrected chi connectivity index (χ1v) is 7.41. The number of nitrogens with one attached hydrogen (secondary N) is 1. The van der Waals surface area contributed by atoms with Gasteiger partial charge in [-0.25, -0.2) is 0 Å². The Hall–Kier alpha value is -1.76. The molecule has 0 saturated heterocycles. The highest BCUT2D eigenvalue weighted by Gasteiger charge is 2.36. The maximum absolute atomic E-state index is 11.8. The smallest absolute Gasteiger partial charge is 0.221 e. The van der Waals surface area contributed by atoms with Gasteiger partial charge in [0.1, 0.15) is 17.6 Å². The molecule has 1 heterocycles. The number of hydrogen-bond donors (Lipinski definition) is 1. The van der Waals surface area contributed by atoms with Crippen LogP contribution in [0.1, 0.15) is 57.0 Å². The molecule has 0 spiro atoms. The zero-order valence-corrected chi connectivity index (χ0v) is 12.2. The zero-order chi connectivity index (χ0) is 14.5. The summed E-state index contributed by atoms with van der Waals surface area (Å²) in [4.78, 5) is 11.8. The fourth-order valence-corrected chi connectivity index (χ4v) is 2.41. The fourth-order valence-electron chi connectivity index (χ4n) is 2.41. The quantitative estimate of drug-likeness (QED) is 0.830. The van der Waals surface area contributed by atoms with Crippen molar-refractivity contribution in [3.05, 3.63) is 23.7 Å². The number of nitrogens with zero attached hydrogens (tertiary/aromatic N) is 1. The average molecular weight is 274 g/mol. The molecular weight excluding hydrogens is 252 g/mol. The number of amides is 1. The molecule has 4 nitrogen and oxygen atoms in total. The van der Waals surface area contributed by atoms with Gasteiger partial charge in [0.15, 0.2) is 0 Å². The summed E-state index contributed by atoms with van der Waals surface area (Å²) < 4.78 is 5.76. The summed E-state index contributed by atoms with van der Waals surface area (Å²) in [6, 6.07) is 5.72. The Morgan fingerprint density at radius 1 is 1.60 bits per heavy atom. The molecule has 4 heteroatoms. The van der Waals surface area contributed by atoms with Crippen molar-refractivity contribution in [1.29, 1.82) is 5.26 Å². The lowest BCUT2D eigenvalue weighted by atomic mass is 10.1. The molecular formula is C16H22N2O2. The number of hydrogen-bond acceptors (Lipinski definition) is 3. The summed E-state index contributed by atoms with van der Waals surface area (Å²) in [5.74, 6) is 3.13. The van der Waals surface area contributed by atoms with Crippen molar-refractivity contribution >= 4 is 5.91 Å². The number of carbonyl (C=O) groups excluding carboxylic acids is 1. The molecule has 2 rings (SSSR count). The van der Waals surface area contributed by atoms with Gasteiger partial charge in [-0.1, -0.05) is 20.3 Å². The second kappa shape index (κ2) is 6.60. The van der Waals surface area contributed by atoms with Crippen molar-refractivity contribution in [3.63, 3.8) is 0 Å². The van der Waals surface area contributed by atoms with Crippen LogP contribution >= 0.6 is 0 Å². The van der Waals surface area contributed by atoms with Gasteiger partial charge in [-0.15, -0.1) is 0 Å². The summed E-state index contributed by atoms with van der Waals surface area (Å²) in [5.41, 5.74) is 0. The van der Waals surface area contributed by atoms with E-state index in [1.807, 2.05) is 19.1 Å². The number of furan rings is 1. The second-order valence-corrected chi connectivity index (χ2v) is 5.66. The van der Waals surface area contributed by atoms with E-state index in [1.165, 1.54) is 6.42 Å². The molecule has 1 aliphatic carbocycles. The molecule has 0 aromatic carbocycles. The fraction of sp³-hybridized carbons (Fsp3) is 0.625. The van der Waals surface area contributed by atoms with Gasteiger partial charge in [0.05, 0.1) is 6.07 Å². The first-order valence-electron chi connectivity index (χ1n) is 7.41. The van der Waals surface area contributed by atoms with Gasteiger partial charge in [-0.05, 0) is 30.9 Å². The first kappa shape index (κ1) is 14.6. The summed E-state index contributed by atoms with van der Waals surface area (Å²) in [7, 11) is 0. The van der Waals surface area contributed by atoms with Crippen molar-refractivity contribution in [2.75, 3.05) is 0 Å². The number of carbonyl (C=O) groups is 1. The highest BCUT2D eigenvalue weighted by molar-refractivity contribution is 5.76. The molecule has 108 valence electrons. The Balaban J connectivity index is 1.75. The van der Waals surface area contributed by atoms with Crippen LogP contribution in [0.15, 0.2) is 16.5 Å². The van der Waals surface area contributed by atoms with E-state index in [4.69, 9.17) is 9.68 Å². The molecule has 1 amide bonds. The summed E-state index contributed by atoms with van der Waals surface area (Å²) in [6.45, 7) is 4.22. The predicted octanol–water partition coefficient (Wildman–Crippen LogP) is 3.14. The van der Waals surface area contributed by atoms with Crippen LogP contribution in [-0.4, -0.2) is 11.9 Å². The van der Waals surface area contributed by atoms with Gasteiger partial charge in [0.25, 0.3) is 0 Å². The average Bonchev–Trinajstić information content (AvgIpc) is 2.99. The van der Waals surface area contributed by atoms with Gasteiger partial charge < -0.3 is 9.73 Å². The first-order chi connectivity index (χ1) is 9.63. The van der Waals surface area contributed by atoms with Gasteiger partial charge >= 0.3 is 0 Å². The van der Waals surface area contributed by atoms with Crippen molar-refractivity contribution in [3.8, 4) is 6.07 Å². The minimum absolute atomic E-state index is 0.0808. The molecule has 1 aromatic heterocycles. The topological polar surface area (TPSA) is 66.0 Å². The third kappa shape index (κ3) is 3.86. The zero-order valence-electron chi connectivity index (χ0n) is 12.2. The third-order valence-corrected chi connectivity index (χ3v) is 3.82. The van der Waals surface area contributed by atoms with Crippen LogP contribution in [0.4, 0.5) is 0 Å². The molecule has 0 aliphatic heterocycles. The number of rotatable bonds is 7. The van der Waals surface area contributed by atoms with Gasteiger partial charge in [0.2, 0.25) is 5.91 Å². The Morgan fingerprint density at radius 3 is 2.95 bits per heavy atom. The van der Waals surface area contributed by atoms with Crippen molar-refractivity contribution in [2.45, 2.75) is 57.9 Å². The molecule has 1 aliphatic rings.